The van der Waals surface area contributed by atoms with Crippen molar-refractivity contribution in [1.82, 2.24) is 20.7 Å². The summed E-state index contributed by atoms with van der Waals surface area (Å²) in [4.78, 5) is 26.7. The van der Waals surface area contributed by atoms with E-state index >= 15 is 0 Å². The van der Waals surface area contributed by atoms with Crippen molar-refractivity contribution in [2.45, 2.75) is 56.5 Å². The van der Waals surface area contributed by atoms with Gasteiger partial charge in [-0.2, -0.15) is 0 Å². The first kappa shape index (κ1) is 28.7. The quantitative estimate of drug-likeness (QED) is 0.171. The van der Waals surface area contributed by atoms with Gasteiger partial charge in [-0.25, -0.2) is 13.1 Å². The largest absolute Gasteiger partial charge is 0.384 e. The third kappa shape index (κ3) is 7.65. The van der Waals surface area contributed by atoms with Crippen LogP contribution in [0.3, 0.4) is 0 Å². The standard InChI is InChI=1S/C28H38N6O4S/c1-19(34-39(37,38)18-22-5-3-2-4-6-22)26(35)33-28(16-24(28)15-20-11-13-31-14-12-20)27(36)32-17-21-7-9-23(10-8-21)25(29)30/h2-10,19-20,24,31,34H,11-18H2,1H3,(H3,29,30)(H,32,36)(H,33,35)/t19-,24-,28?/m1/s1. The van der Waals surface area contributed by atoms with Crippen molar-refractivity contribution >= 4 is 27.7 Å². The molecule has 3 atom stereocenters. The first-order valence-electron chi connectivity index (χ1n) is 13.4. The number of benzene rings is 2. The Morgan fingerprint density at radius 1 is 1.08 bits per heavy atom. The van der Waals surface area contributed by atoms with Gasteiger partial charge in [0.05, 0.1) is 11.8 Å². The fraction of sp³-hybridized carbons (Fsp3) is 0.464. The minimum Gasteiger partial charge on any atom is -0.384 e. The summed E-state index contributed by atoms with van der Waals surface area (Å²) in [7, 11) is -3.77. The molecule has 0 radical (unpaired) electrons. The van der Waals surface area contributed by atoms with Crippen LogP contribution in [-0.2, 0) is 31.9 Å². The highest BCUT2D eigenvalue weighted by Gasteiger charge is 2.61. The normalized spacial score (nSPS) is 22.0. The Balaban J connectivity index is 1.41. The molecule has 1 aliphatic heterocycles. The third-order valence-corrected chi connectivity index (χ3v) is 9.03. The lowest BCUT2D eigenvalue weighted by molar-refractivity contribution is -0.131. The Morgan fingerprint density at radius 3 is 2.38 bits per heavy atom. The summed E-state index contributed by atoms with van der Waals surface area (Å²) in [6, 6.07) is 14.8. The van der Waals surface area contributed by atoms with Crippen molar-refractivity contribution in [2.24, 2.45) is 17.6 Å². The van der Waals surface area contributed by atoms with Crippen molar-refractivity contribution in [3.05, 3.63) is 71.3 Å². The maximum absolute atomic E-state index is 13.5. The molecule has 2 aromatic carbocycles. The van der Waals surface area contributed by atoms with Crippen LogP contribution in [0, 0.1) is 17.2 Å². The van der Waals surface area contributed by atoms with Gasteiger partial charge >= 0.3 is 0 Å². The maximum atomic E-state index is 13.5. The molecule has 10 nitrogen and oxygen atoms in total. The molecular formula is C28H38N6O4S. The topological polar surface area (TPSA) is 166 Å². The first-order chi connectivity index (χ1) is 18.6. The van der Waals surface area contributed by atoms with Crippen LogP contribution in [0.2, 0.25) is 0 Å². The minimum atomic E-state index is -3.77. The molecule has 2 aliphatic rings. The van der Waals surface area contributed by atoms with Crippen LogP contribution < -0.4 is 26.4 Å². The highest BCUT2D eigenvalue weighted by atomic mass is 32.2. The Labute approximate surface area is 230 Å². The molecule has 1 aliphatic carbocycles. The molecule has 2 fully saturated rings. The summed E-state index contributed by atoms with van der Waals surface area (Å²) in [5.41, 5.74) is 6.51. The van der Waals surface area contributed by atoms with Crippen LogP contribution in [0.15, 0.2) is 54.6 Å². The van der Waals surface area contributed by atoms with Crippen LogP contribution in [0.4, 0.5) is 0 Å². The lowest BCUT2D eigenvalue weighted by Crippen LogP contribution is -2.55. The smallest absolute Gasteiger partial charge is 0.246 e. The van der Waals surface area contributed by atoms with Crippen molar-refractivity contribution in [3.8, 4) is 0 Å². The van der Waals surface area contributed by atoms with E-state index in [1.54, 1.807) is 54.6 Å². The van der Waals surface area contributed by atoms with Gasteiger partial charge in [0.25, 0.3) is 0 Å². The molecule has 7 N–H and O–H groups in total. The summed E-state index contributed by atoms with van der Waals surface area (Å²) in [5, 5.41) is 16.7. The molecule has 210 valence electrons. The number of carbonyl (C=O) groups excluding carboxylic acids is 2. The zero-order valence-corrected chi connectivity index (χ0v) is 23.0. The van der Waals surface area contributed by atoms with E-state index in [0.29, 0.717) is 23.5 Å². The molecule has 2 aromatic rings. The van der Waals surface area contributed by atoms with Gasteiger partial charge in [0.15, 0.2) is 0 Å². The molecule has 0 spiro atoms. The van der Waals surface area contributed by atoms with Gasteiger partial charge in [-0.05, 0) is 68.7 Å². The van der Waals surface area contributed by atoms with E-state index < -0.39 is 27.5 Å². The predicted octanol–water partition coefficient (Wildman–Crippen LogP) is 1.36. The Morgan fingerprint density at radius 2 is 1.74 bits per heavy atom. The second kappa shape index (κ2) is 12.3. The van der Waals surface area contributed by atoms with Crippen LogP contribution in [0.25, 0.3) is 0 Å². The summed E-state index contributed by atoms with van der Waals surface area (Å²) < 4.78 is 27.8. The molecule has 39 heavy (non-hydrogen) atoms. The number of hydrogen-bond acceptors (Lipinski definition) is 6. The van der Waals surface area contributed by atoms with E-state index in [4.69, 9.17) is 11.1 Å². The lowest BCUT2D eigenvalue weighted by Gasteiger charge is -2.26. The van der Waals surface area contributed by atoms with Crippen molar-refractivity contribution in [1.29, 1.82) is 5.41 Å². The molecule has 1 saturated heterocycles. The third-order valence-electron chi connectivity index (χ3n) is 7.60. The van der Waals surface area contributed by atoms with E-state index in [1.807, 2.05) is 0 Å². The monoisotopic (exact) mass is 554 g/mol. The molecule has 11 heteroatoms. The van der Waals surface area contributed by atoms with Crippen molar-refractivity contribution < 1.29 is 18.0 Å². The van der Waals surface area contributed by atoms with Gasteiger partial charge in [-0.1, -0.05) is 54.6 Å². The number of carbonyl (C=O) groups is 2. The number of nitrogen functional groups attached to an aromatic ring is 1. The van der Waals surface area contributed by atoms with E-state index in [0.717, 1.165) is 37.9 Å². The average Bonchev–Trinajstić information content (AvgIpc) is 3.60. The summed E-state index contributed by atoms with van der Waals surface area (Å²) in [5.74, 6) is -0.608. The van der Waals surface area contributed by atoms with Crippen molar-refractivity contribution in [3.63, 3.8) is 0 Å². The molecular weight excluding hydrogens is 516 g/mol. The van der Waals surface area contributed by atoms with E-state index in [2.05, 4.69) is 20.7 Å². The number of rotatable bonds is 12. The van der Waals surface area contributed by atoms with Gasteiger partial charge in [0, 0.05) is 12.1 Å². The highest BCUT2D eigenvalue weighted by molar-refractivity contribution is 7.88. The Bertz CT molecular complexity index is 1280. The van der Waals surface area contributed by atoms with Gasteiger partial charge in [0.1, 0.15) is 11.4 Å². The molecule has 1 unspecified atom stereocenters. The van der Waals surface area contributed by atoms with Gasteiger partial charge in [-0.15, -0.1) is 0 Å². The minimum absolute atomic E-state index is 0.0160. The molecule has 1 saturated carbocycles. The number of hydrogen-bond donors (Lipinski definition) is 6. The zero-order valence-electron chi connectivity index (χ0n) is 22.2. The molecule has 1 heterocycles. The van der Waals surface area contributed by atoms with Gasteiger partial charge in [0.2, 0.25) is 21.8 Å². The number of nitrogens with two attached hydrogens (primary N) is 1. The average molecular weight is 555 g/mol. The Hall–Kier alpha value is -3.28. The number of amides is 2. The molecule has 4 rings (SSSR count). The Kier molecular flexibility index (Phi) is 9.04. The fourth-order valence-corrected chi connectivity index (χ4v) is 6.61. The number of piperidine rings is 1. The van der Waals surface area contributed by atoms with Crippen LogP contribution in [-0.4, -0.2) is 50.7 Å². The zero-order chi connectivity index (χ0) is 28.0. The summed E-state index contributed by atoms with van der Waals surface area (Å²) >= 11 is 0. The SMILES string of the molecule is C[C@@H](NS(=O)(=O)Cc1ccccc1)C(=O)NC1(C(=O)NCc2ccc(C(=N)N)cc2)C[C@H]1CC1CCNCC1. The second-order valence-electron chi connectivity index (χ2n) is 10.7. The number of nitrogens with one attached hydrogen (secondary N) is 5. The second-order valence-corrected chi connectivity index (χ2v) is 12.4. The molecule has 0 bridgehead atoms. The van der Waals surface area contributed by atoms with E-state index in [-0.39, 0.29) is 30.0 Å². The van der Waals surface area contributed by atoms with Gasteiger partial charge < -0.3 is 21.7 Å². The molecule has 0 aromatic heterocycles. The van der Waals surface area contributed by atoms with Crippen LogP contribution >= 0.6 is 0 Å². The lowest BCUT2D eigenvalue weighted by atomic mass is 9.91. The number of amidine groups is 1. The summed E-state index contributed by atoms with van der Waals surface area (Å²) in [6.45, 7) is 3.64. The first-order valence-corrected chi connectivity index (χ1v) is 15.0. The summed E-state index contributed by atoms with van der Waals surface area (Å²) in [6.07, 6.45) is 3.40. The van der Waals surface area contributed by atoms with Crippen LogP contribution in [0.1, 0.15) is 49.3 Å². The van der Waals surface area contributed by atoms with E-state index in [1.165, 1.54) is 6.92 Å². The highest BCUT2D eigenvalue weighted by Crippen LogP contribution is 2.49. The predicted molar refractivity (Wildman–Crippen MR) is 150 cm³/mol. The van der Waals surface area contributed by atoms with Gasteiger partial charge in [-0.3, -0.25) is 15.0 Å². The molecule has 2 amide bonds. The van der Waals surface area contributed by atoms with Crippen LogP contribution in [0.5, 0.6) is 0 Å². The number of sulfonamides is 1. The fourth-order valence-electron chi connectivity index (χ4n) is 5.25. The van der Waals surface area contributed by atoms with E-state index in [9.17, 15) is 18.0 Å². The maximum Gasteiger partial charge on any atom is 0.246 e. The van der Waals surface area contributed by atoms with Crippen molar-refractivity contribution in [2.75, 3.05) is 13.1 Å².